The lowest BCUT2D eigenvalue weighted by Crippen LogP contribution is -2.23. The highest BCUT2D eigenvalue weighted by Gasteiger charge is 2.18. The number of hydrogen-bond acceptors (Lipinski definition) is 2. The van der Waals surface area contributed by atoms with Gasteiger partial charge in [0.05, 0.1) is 0 Å². The number of likely N-dealkylation sites (tertiary alicyclic amines) is 1. The molecule has 1 saturated heterocycles. The fourth-order valence-electron chi connectivity index (χ4n) is 2.46. The Bertz CT molecular complexity index is 312. The van der Waals surface area contributed by atoms with Gasteiger partial charge in [0.1, 0.15) is 0 Å². The van der Waals surface area contributed by atoms with E-state index in [1.165, 1.54) is 37.1 Å². The number of benzene rings is 1. The minimum Gasteiger partial charge on any atom is -0.316 e. The summed E-state index contributed by atoms with van der Waals surface area (Å²) in [5.74, 6) is 0. The molecule has 1 aliphatic rings. The smallest absolute Gasteiger partial charge is 0.0319 e. The number of rotatable bonds is 4. The zero-order chi connectivity index (χ0) is 11.4. The van der Waals surface area contributed by atoms with E-state index in [9.17, 15) is 0 Å². The molecule has 0 amide bonds. The van der Waals surface area contributed by atoms with Gasteiger partial charge in [-0.15, -0.1) is 0 Å². The van der Waals surface area contributed by atoms with Crippen LogP contribution in [-0.4, -0.2) is 25.0 Å². The highest BCUT2D eigenvalue weighted by Crippen LogP contribution is 2.24. The molecule has 0 aromatic heterocycles. The van der Waals surface area contributed by atoms with Crippen LogP contribution in [0.25, 0.3) is 0 Å². The van der Waals surface area contributed by atoms with Gasteiger partial charge in [0.25, 0.3) is 0 Å². The normalized spacial score (nSPS) is 18.9. The molecule has 2 rings (SSSR count). The Morgan fingerprint density at radius 2 is 1.81 bits per heavy atom. The lowest BCUT2D eigenvalue weighted by atomic mass is 10.1. The number of hydrogen-bond donors (Lipinski definition) is 1. The van der Waals surface area contributed by atoms with Gasteiger partial charge < -0.3 is 5.32 Å². The Labute approximate surface area is 98.7 Å². The molecule has 2 nitrogen and oxygen atoms in total. The molecule has 1 heterocycles. The first-order valence-electron chi connectivity index (χ1n) is 6.29. The molecular formula is C14H22N2. The number of nitrogens with zero attached hydrogens (tertiary/aromatic N) is 1. The molecule has 0 unspecified atom stereocenters. The summed E-state index contributed by atoms with van der Waals surface area (Å²) in [6.07, 6.45) is 2.73. The summed E-state index contributed by atoms with van der Waals surface area (Å²) in [6, 6.07) is 9.59. The van der Waals surface area contributed by atoms with Crippen molar-refractivity contribution in [3.63, 3.8) is 0 Å². The summed E-state index contributed by atoms with van der Waals surface area (Å²) in [5, 5.41) is 3.18. The highest BCUT2D eigenvalue weighted by molar-refractivity contribution is 5.24. The van der Waals surface area contributed by atoms with E-state index in [2.05, 4.69) is 41.4 Å². The van der Waals surface area contributed by atoms with Crippen molar-refractivity contribution in [2.45, 2.75) is 32.4 Å². The van der Waals surface area contributed by atoms with Crippen LogP contribution >= 0.6 is 0 Å². The van der Waals surface area contributed by atoms with Gasteiger partial charge in [0.15, 0.2) is 0 Å². The summed E-state index contributed by atoms with van der Waals surface area (Å²) < 4.78 is 0. The van der Waals surface area contributed by atoms with E-state index in [0.717, 1.165) is 6.54 Å². The first kappa shape index (κ1) is 11.6. The first-order chi connectivity index (χ1) is 7.81. The Balaban J connectivity index is 2.02. The molecule has 0 bridgehead atoms. The maximum absolute atomic E-state index is 3.18. The molecule has 16 heavy (non-hydrogen) atoms. The Hall–Kier alpha value is -0.860. The molecule has 0 spiro atoms. The minimum absolute atomic E-state index is 0.575. The molecule has 0 saturated carbocycles. The third kappa shape index (κ3) is 2.63. The van der Waals surface area contributed by atoms with Crippen molar-refractivity contribution in [2.24, 2.45) is 0 Å². The summed E-state index contributed by atoms with van der Waals surface area (Å²) in [5.41, 5.74) is 2.81. The van der Waals surface area contributed by atoms with E-state index in [4.69, 9.17) is 0 Å². The van der Waals surface area contributed by atoms with E-state index in [1.807, 2.05) is 7.05 Å². The maximum Gasteiger partial charge on any atom is 0.0319 e. The summed E-state index contributed by atoms with van der Waals surface area (Å²) in [6.45, 7) is 5.80. The van der Waals surface area contributed by atoms with Crippen LogP contribution in [0.5, 0.6) is 0 Å². The molecule has 0 radical (unpaired) electrons. The molecule has 1 aliphatic heterocycles. The van der Waals surface area contributed by atoms with Crippen molar-refractivity contribution < 1.29 is 0 Å². The van der Waals surface area contributed by atoms with E-state index < -0.39 is 0 Å². The molecule has 1 N–H and O–H groups in total. The van der Waals surface area contributed by atoms with Crippen LogP contribution in [0.3, 0.4) is 0 Å². The molecule has 1 fully saturated rings. The van der Waals surface area contributed by atoms with Gasteiger partial charge in [0, 0.05) is 12.6 Å². The Morgan fingerprint density at radius 1 is 1.19 bits per heavy atom. The van der Waals surface area contributed by atoms with Gasteiger partial charge in [-0.2, -0.15) is 0 Å². The van der Waals surface area contributed by atoms with Crippen LogP contribution in [0, 0.1) is 0 Å². The Kier molecular flexibility index (Phi) is 3.97. The topological polar surface area (TPSA) is 15.3 Å². The van der Waals surface area contributed by atoms with E-state index in [-0.39, 0.29) is 0 Å². The second-order valence-corrected chi connectivity index (χ2v) is 4.69. The van der Waals surface area contributed by atoms with Crippen molar-refractivity contribution in [3.8, 4) is 0 Å². The molecular weight excluding hydrogens is 196 g/mol. The average Bonchev–Trinajstić information content (AvgIpc) is 2.83. The number of nitrogens with one attached hydrogen (secondary N) is 1. The van der Waals surface area contributed by atoms with Gasteiger partial charge in [-0.1, -0.05) is 24.3 Å². The lowest BCUT2D eigenvalue weighted by Gasteiger charge is -2.24. The highest BCUT2D eigenvalue weighted by atomic mass is 15.2. The van der Waals surface area contributed by atoms with Crippen LogP contribution in [0.1, 0.15) is 36.9 Å². The zero-order valence-electron chi connectivity index (χ0n) is 10.4. The molecule has 2 heteroatoms. The van der Waals surface area contributed by atoms with E-state index >= 15 is 0 Å². The molecule has 1 aromatic rings. The van der Waals surface area contributed by atoms with Crippen LogP contribution in [0.4, 0.5) is 0 Å². The maximum atomic E-state index is 3.18. The summed E-state index contributed by atoms with van der Waals surface area (Å²) in [4.78, 5) is 2.58. The van der Waals surface area contributed by atoms with E-state index in [0.29, 0.717) is 6.04 Å². The van der Waals surface area contributed by atoms with Crippen LogP contribution in [0.15, 0.2) is 24.3 Å². The Morgan fingerprint density at radius 3 is 2.38 bits per heavy atom. The van der Waals surface area contributed by atoms with Crippen LogP contribution in [0.2, 0.25) is 0 Å². The summed E-state index contributed by atoms with van der Waals surface area (Å²) in [7, 11) is 1.99. The second-order valence-electron chi connectivity index (χ2n) is 4.69. The third-order valence-electron chi connectivity index (χ3n) is 3.53. The first-order valence-corrected chi connectivity index (χ1v) is 6.29. The molecule has 1 atom stereocenters. The average molecular weight is 218 g/mol. The van der Waals surface area contributed by atoms with Gasteiger partial charge in [-0.05, 0) is 51.0 Å². The van der Waals surface area contributed by atoms with E-state index in [1.54, 1.807) is 0 Å². The van der Waals surface area contributed by atoms with Gasteiger partial charge in [0.2, 0.25) is 0 Å². The molecule has 88 valence electrons. The van der Waals surface area contributed by atoms with Crippen molar-refractivity contribution in [1.29, 1.82) is 0 Å². The predicted octanol–water partition coefficient (Wildman–Crippen LogP) is 2.56. The quantitative estimate of drug-likeness (QED) is 0.835. The third-order valence-corrected chi connectivity index (χ3v) is 3.53. The zero-order valence-corrected chi connectivity index (χ0v) is 10.4. The van der Waals surface area contributed by atoms with Crippen molar-refractivity contribution in [1.82, 2.24) is 10.2 Å². The lowest BCUT2D eigenvalue weighted by molar-refractivity contribution is 0.263. The molecule has 1 aromatic carbocycles. The standard InChI is InChI=1S/C14H22N2/c1-12(16-9-3-4-10-16)14-7-5-13(6-8-14)11-15-2/h5-8,12,15H,3-4,9-11H2,1-2H3/t12-/m1/s1. The fraction of sp³-hybridized carbons (Fsp3) is 0.571. The van der Waals surface area contributed by atoms with Crippen molar-refractivity contribution >= 4 is 0 Å². The SMILES string of the molecule is CNCc1ccc([C@@H](C)N2CCCC2)cc1. The van der Waals surface area contributed by atoms with Gasteiger partial charge >= 0.3 is 0 Å². The fourth-order valence-corrected chi connectivity index (χ4v) is 2.46. The minimum atomic E-state index is 0.575. The van der Waals surface area contributed by atoms with Crippen LogP contribution in [-0.2, 0) is 6.54 Å². The van der Waals surface area contributed by atoms with Crippen LogP contribution < -0.4 is 5.32 Å². The summed E-state index contributed by atoms with van der Waals surface area (Å²) >= 11 is 0. The van der Waals surface area contributed by atoms with Crippen molar-refractivity contribution in [2.75, 3.05) is 20.1 Å². The second kappa shape index (κ2) is 5.46. The molecule has 0 aliphatic carbocycles. The largest absolute Gasteiger partial charge is 0.316 e. The predicted molar refractivity (Wildman–Crippen MR) is 68.4 cm³/mol. The monoisotopic (exact) mass is 218 g/mol. The van der Waals surface area contributed by atoms with Gasteiger partial charge in [-0.3, -0.25) is 4.90 Å². The van der Waals surface area contributed by atoms with Gasteiger partial charge in [-0.25, -0.2) is 0 Å². The van der Waals surface area contributed by atoms with Crippen molar-refractivity contribution in [3.05, 3.63) is 35.4 Å².